The maximum atomic E-state index is 5.09. The molecule has 110 heavy (non-hydrogen) atoms. The quantitative estimate of drug-likeness (QED) is 0.123. The second-order valence-corrected chi connectivity index (χ2v) is 25.8. The number of allylic oxidation sites excluding steroid dienone is 1. The topological polar surface area (TPSA) is 213 Å². The van der Waals surface area contributed by atoms with E-state index < -0.39 is 0 Å². The van der Waals surface area contributed by atoms with Crippen LogP contribution in [0.1, 0.15) is 420 Å². The maximum Gasteiger partial charge on any atom is 0.139 e. The van der Waals surface area contributed by atoms with E-state index in [-0.39, 0.29) is 0 Å². The molecule has 19 heteroatoms. The number of aromatic nitrogens is 10. The third-order valence-corrected chi connectivity index (χ3v) is 14.6. The second-order valence-electron chi connectivity index (χ2n) is 23.6. The van der Waals surface area contributed by atoms with Crippen LogP contribution in [0.25, 0.3) is 0 Å². The Hall–Kier alpha value is -7.09. The Balaban J connectivity index is -0.000000106. The minimum Gasteiger partial charge on any atom is -0.472 e. The van der Waals surface area contributed by atoms with Crippen molar-refractivity contribution >= 4 is 40.8 Å². The third-order valence-electron chi connectivity index (χ3n) is 12.3. The summed E-state index contributed by atoms with van der Waals surface area (Å²) >= 11 is 4.62. The molecule has 16 nitrogen and oxygen atoms in total. The third kappa shape index (κ3) is 77.6. The Labute approximate surface area is 690 Å². The largest absolute Gasteiger partial charge is 0.472 e. The number of aromatic amines is 2. The zero-order valence-corrected chi connectivity index (χ0v) is 81.2. The summed E-state index contributed by atoms with van der Waals surface area (Å²) in [7, 11) is 0. The highest BCUT2D eigenvalue weighted by molar-refractivity contribution is 7.05. The molecule has 0 fully saturated rings. The molecule has 0 aromatic carbocycles. The lowest BCUT2D eigenvalue weighted by Gasteiger charge is -1.98. The summed E-state index contributed by atoms with van der Waals surface area (Å²) in [4.78, 5) is 5.43. The van der Waals surface area contributed by atoms with Crippen LogP contribution in [0.4, 0.5) is 0 Å². The van der Waals surface area contributed by atoms with E-state index in [0.717, 1.165) is 29.3 Å². The highest BCUT2D eigenvalue weighted by atomic mass is 32.1. The molecule has 0 atom stereocenters. The fourth-order valence-electron chi connectivity index (χ4n) is 6.24. The number of furan rings is 2. The predicted molar refractivity (Wildman–Crippen MR) is 492 cm³/mol. The lowest BCUT2D eigenvalue weighted by Crippen LogP contribution is -1.90. The maximum absolute atomic E-state index is 5.09. The smallest absolute Gasteiger partial charge is 0.139 e. The molecule has 0 radical (unpaired) electrons. The summed E-state index contributed by atoms with van der Waals surface area (Å²) in [5.41, 5.74) is 9.77. The van der Waals surface area contributed by atoms with Crippen molar-refractivity contribution in [2.45, 2.75) is 364 Å². The lowest BCUT2D eigenvalue weighted by molar-refractivity contribution is 0.371. The number of hydrogen-bond donors (Lipinski definition) is 2. The van der Waals surface area contributed by atoms with Crippen LogP contribution in [0.3, 0.4) is 0 Å². The number of nitrogens with zero attached hydrogens (tertiary/aromatic N) is 9. The molecule has 0 spiro atoms. The van der Waals surface area contributed by atoms with Gasteiger partial charge in [0, 0.05) is 87.6 Å². The molecule has 11 heterocycles. The van der Waals surface area contributed by atoms with E-state index in [1.165, 1.54) is 61.7 Å². The standard InChI is InChI=1S/C7H11N.2C7H10O.2C6H10N2.3C6H9NO.3C6H9NS.11C2H6/c2*1-6(2)7-3-4-8-5-7;1-6(2)7-4-3-5-8-7;2*1-5(2)6-3-4-7-8-6;1-5(2)6-3-7-8-4-6;1-5(2)6-3-4-8-7-6;1-5(2)6-3-4-7-8-6;1-5(2)6-3-7-8-4-6;1-5(2)6-3-4-8-7-6;1-5(2)6-3-4-7-8-6;11*1-2/h3,5-6H,4H2,1-2H3;2*3-6H,1-2H3;2*3-5H,1-2H3,(H,7,8);6*3-5H,1-2H3;11*1-2H3. The van der Waals surface area contributed by atoms with Crippen LogP contribution in [0.5, 0.6) is 0 Å². The molecule has 1 aliphatic rings. The SMILES string of the molecule is CC.CC.CC.CC.CC.CC.CC.CC.CC.CC.CC.CC(C)C1=CCN=C1.CC(C)c1ccco1.CC(C)c1ccn[nH]1.CC(C)c1ccn[nH]1.CC(C)c1ccno1.CC(C)c1ccns1.CC(C)c1ccoc1.CC(C)c1ccon1.CC(C)c1ccsn1.CC(C)c1cnoc1.CC(C)c1cnsc1. The Bertz CT molecular complexity index is 2380. The summed E-state index contributed by atoms with van der Waals surface area (Å²) < 4.78 is 36.2. The van der Waals surface area contributed by atoms with Crippen LogP contribution in [0, 0.1) is 5.92 Å². The molecule has 638 valence electrons. The van der Waals surface area contributed by atoms with Crippen molar-refractivity contribution < 1.29 is 22.4 Å². The highest BCUT2D eigenvalue weighted by Gasteiger charge is 2.05. The van der Waals surface area contributed by atoms with E-state index in [2.05, 4.69) is 239 Å². The fourth-order valence-corrected chi connectivity index (χ4v) is 8.16. The van der Waals surface area contributed by atoms with E-state index in [9.17, 15) is 0 Å². The van der Waals surface area contributed by atoms with E-state index in [4.69, 9.17) is 13.4 Å². The number of H-pyrrole nitrogens is 2. The average molecular weight is 1600 g/mol. The van der Waals surface area contributed by atoms with Gasteiger partial charge in [-0.05, 0) is 147 Å². The van der Waals surface area contributed by atoms with Crippen molar-refractivity contribution in [1.29, 1.82) is 0 Å². The second kappa shape index (κ2) is 98.0. The lowest BCUT2D eigenvalue weighted by atomic mass is 10.1. The Kier molecular flexibility index (Phi) is 113. The van der Waals surface area contributed by atoms with Crippen molar-refractivity contribution in [3.8, 4) is 0 Å². The Morgan fingerprint density at radius 1 is 0.382 bits per heavy atom. The summed E-state index contributed by atoms with van der Waals surface area (Å²) in [6.45, 7) is 91.8. The van der Waals surface area contributed by atoms with Gasteiger partial charge in [0.05, 0.1) is 49.1 Å². The first kappa shape index (κ1) is 127. The minimum absolute atomic E-state index is 0.456. The molecular formula is C91H171N11O5S3. The Morgan fingerprint density at radius 2 is 0.891 bits per heavy atom. The van der Waals surface area contributed by atoms with E-state index in [0.29, 0.717) is 65.1 Å². The molecule has 0 amide bonds. The molecule has 11 rings (SSSR count). The zero-order valence-electron chi connectivity index (χ0n) is 78.7. The van der Waals surface area contributed by atoms with Gasteiger partial charge in [0.2, 0.25) is 0 Å². The van der Waals surface area contributed by atoms with Gasteiger partial charge in [0.25, 0.3) is 0 Å². The van der Waals surface area contributed by atoms with Crippen LogP contribution in [0.15, 0.2) is 173 Å². The predicted octanol–water partition coefficient (Wildman–Crippen LogP) is 33.0. The zero-order chi connectivity index (χ0) is 87.8. The molecule has 0 aliphatic carbocycles. The summed E-state index contributed by atoms with van der Waals surface area (Å²) in [6, 6.07) is 17.8. The summed E-state index contributed by atoms with van der Waals surface area (Å²) in [5.74, 6) is 8.23. The van der Waals surface area contributed by atoms with Crippen LogP contribution >= 0.6 is 34.6 Å². The summed E-state index contributed by atoms with van der Waals surface area (Å²) in [5, 5.41) is 28.4. The van der Waals surface area contributed by atoms with Gasteiger partial charge in [0.15, 0.2) is 0 Å². The van der Waals surface area contributed by atoms with Crippen molar-refractivity contribution in [3.05, 3.63) is 201 Å². The molecule has 0 bridgehead atoms. The van der Waals surface area contributed by atoms with Gasteiger partial charge in [-0.1, -0.05) is 326 Å². The van der Waals surface area contributed by atoms with E-state index in [1.54, 1.807) is 67.6 Å². The normalized spacial score (nSPS) is 9.43. The van der Waals surface area contributed by atoms with Gasteiger partial charge in [-0.3, -0.25) is 15.2 Å². The molecule has 0 saturated heterocycles. The average Bonchev–Trinajstić information content (AvgIpc) is 2.08. The van der Waals surface area contributed by atoms with Crippen LogP contribution in [-0.4, -0.2) is 61.7 Å². The molecule has 0 saturated carbocycles. The van der Waals surface area contributed by atoms with Crippen molar-refractivity contribution in [2.24, 2.45) is 10.9 Å². The molecular weight excluding hydrogens is 1420 g/mol. The van der Waals surface area contributed by atoms with Gasteiger partial charge in [-0.2, -0.15) is 14.6 Å². The molecule has 2 N–H and O–H groups in total. The number of rotatable bonds is 11. The number of nitrogens with one attached hydrogen (secondary N) is 2. The van der Waals surface area contributed by atoms with Crippen LogP contribution in [-0.2, 0) is 0 Å². The van der Waals surface area contributed by atoms with Crippen LogP contribution < -0.4 is 0 Å². The first-order chi connectivity index (χ1) is 52.8. The van der Waals surface area contributed by atoms with Crippen molar-refractivity contribution in [1.82, 2.24) is 49.0 Å². The Morgan fingerprint density at radius 3 is 1.07 bits per heavy atom. The van der Waals surface area contributed by atoms with Gasteiger partial charge in [-0.25, -0.2) is 8.75 Å². The van der Waals surface area contributed by atoms with Crippen molar-refractivity contribution in [2.75, 3.05) is 6.54 Å². The van der Waals surface area contributed by atoms with E-state index in [1.807, 2.05) is 219 Å². The first-order valence-corrected chi connectivity index (χ1v) is 43.9. The van der Waals surface area contributed by atoms with E-state index >= 15 is 0 Å². The van der Waals surface area contributed by atoms with Crippen LogP contribution in [0.2, 0.25) is 0 Å². The molecule has 1 aliphatic heterocycles. The van der Waals surface area contributed by atoms with Gasteiger partial charge >= 0.3 is 0 Å². The van der Waals surface area contributed by atoms with Crippen molar-refractivity contribution in [3.63, 3.8) is 0 Å². The molecule has 0 unspecified atom stereocenters. The van der Waals surface area contributed by atoms with Gasteiger partial charge in [0.1, 0.15) is 24.0 Å². The minimum atomic E-state index is 0.456. The van der Waals surface area contributed by atoms with Gasteiger partial charge < -0.3 is 22.4 Å². The number of hydrogen-bond acceptors (Lipinski definition) is 17. The fraction of sp³-hybridized carbons (Fsp3) is 0.615. The summed E-state index contributed by atoms with van der Waals surface area (Å²) in [6.07, 6.45) is 23.3. The highest BCUT2D eigenvalue weighted by Crippen LogP contribution is 2.19. The molecule has 10 aromatic heterocycles. The monoisotopic (exact) mass is 1590 g/mol. The van der Waals surface area contributed by atoms with Gasteiger partial charge in [-0.15, -0.1) is 0 Å². The molecule has 10 aromatic rings. The number of aliphatic imine (C=N–C) groups is 1. The first-order valence-electron chi connectivity index (χ1n) is 41.5.